The number of anilines is 1. The van der Waals surface area contributed by atoms with Crippen LogP contribution in [0.15, 0.2) is 47.0 Å². The highest BCUT2D eigenvalue weighted by molar-refractivity contribution is 5.84. The number of carbonyl (C=O) groups is 1. The lowest BCUT2D eigenvalue weighted by atomic mass is 10.1. The molecule has 0 radical (unpaired) electrons. The molecule has 2 N–H and O–H groups in total. The number of aromatic nitrogens is 3. The van der Waals surface area contributed by atoms with Crippen molar-refractivity contribution in [3.8, 4) is 11.3 Å². The summed E-state index contributed by atoms with van der Waals surface area (Å²) in [4.78, 5) is 29.7. The fourth-order valence-electron chi connectivity index (χ4n) is 3.87. The number of rotatable bonds is 3. The van der Waals surface area contributed by atoms with Crippen LogP contribution in [-0.4, -0.2) is 58.5 Å². The van der Waals surface area contributed by atoms with Gasteiger partial charge in [0.25, 0.3) is 0 Å². The summed E-state index contributed by atoms with van der Waals surface area (Å²) in [6.45, 7) is 4.73. The van der Waals surface area contributed by atoms with Crippen molar-refractivity contribution in [3.05, 3.63) is 48.5 Å². The van der Waals surface area contributed by atoms with Gasteiger partial charge in [0.05, 0.1) is 35.2 Å². The third-order valence-corrected chi connectivity index (χ3v) is 5.49. The molecular formula is C22H22N6O2. The number of carbonyl (C=O) groups excluding carboxylic acids is 1. The van der Waals surface area contributed by atoms with Crippen molar-refractivity contribution in [1.82, 2.24) is 19.9 Å². The SMILES string of the molecule is Cc1nc2cc(-c3ccc4ncc(N5CCN(C(=O)CN)CC5)cc4n3)ccc2o1. The van der Waals surface area contributed by atoms with E-state index in [4.69, 9.17) is 15.1 Å². The van der Waals surface area contributed by atoms with Crippen molar-refractivity contribution < 1.29 is 9.21 Å². The molecule has 1 saturated heterocycles. The monoisotopic (exact) mass is 402 g/mol. The van der Waals surface area contributed by atoms with Crippen LogP contribution in [-0.2, 0) is 4.79 Å². The zero-order chi connectivity index (χ0) is 20.7. The number of fused-ring (bicyclic) bond motifs is 2. The van der Waals surface area contributed by atoms with Crippen LogP contribution >= 0.6 is 0 Å². The maximum absolute atomic E-state index is 11.8. The fourth-order valence-corrected chi connectivity index (χ4v) is 3.87. The Hall–Kier alpha value is -3.52. The summed E-state index contributed by atoms with van der Waals surface area (Å²) < 4.78 is 5.56. The van der Waals surface area contributed by atoms with E-state index >= 15 is 0 Å². The van der Waals surface area contributed by atoms with Gasteiger partial charge in [-0.25, -0.2) is 9.97 Å². The molecule has 1 aliphatic rings. The topological polar surface area (TPSA) is 101 Å². The summed E-state index contributed by atoms with van der Waals surface area (Å²) in [5.74, 6) is 0.646. The first kappa shape index (κ1) is 18.5. The standard InChI is InChI=1S/C22H22N6O2/c1-14-25-20-10-15(2-5-21(20)30-14)17-3-4-18-19(26-17)11-16(13-24-18)27-6-8-28(9-7-27)22(29)12-23/h2-5,10-11,13H,6-9,12,23H2,1H3. The second kappa shape index (κ2) is 7.38. The van der Waals surface area contributed by atoms with E-state index in [9.17, 15) is 4.79 Å². The van der Waals surface area contributed by atoms with Crippen molar-refractivity contribution in [2.75, 3.05) is 37.6 Å². The highest BCUT2D eigenvalue weighted by Gasteiger charge is 2.20. The smallest absolute Gasteiger partial charge is 0.236 e. The second-order valence-corrected chi connectivity index (χ2v) is 7.42. The number of hydrogen-bond donors (Lipinski definition) is 1. The van der Waals surface area contributed by atoms with Crippen LogP contribution < -0.4 is 10.6 Å². The number of oxazole rings is 1. The molecule has 30 heavy (non-hydrogen) atoms. The summed E-state index contributed by atoms with van der Waals surface area (Å²) in [6, 6.07) is 11.9. The summed E-state index contributed by atoms with van der Waals surface area (Å²) in [5.41, 5.74) is 11.6. The Morgan fingerprint density at radius 3 is 2.67 bits per heavy atom. The van der Waals surface area contributed by atoms with Gasteiger partial charge in [-0.3, -0.25) is 9.78 Å². The van der Waals surface area contributed by atoms with Crippen LogP contribution in [0.3, 0.4) is 0 Å². The van der Waals surface area contributed by atoms with E-state index in [-0.39, 0.29) is 12.5 Å². The van der Waals surface area contributed by atoms with E-state index in [1.54, 1.807) is 0 Å². The first-order chi connectivity index (χ1) is 14.6. The number of pyridine rings is 2. The molecule has 0 saturated carbocycles. The van der Waals surface area contributed by atoms with Crippen molar-refractivity contribution in [2.24, 2.45) is 5.73 Å². The zero-order valence-corrected chi connectivity index (χ0v) is 16.7. The zero-order valence-electron chi connectivity index (χ0n) is 16.7. The number of amides is 1. The third-order valence-electron chi connectivity index (χ3n) is 5.49. The number of aryl methyl sites for hydroxylation is 1. The highest BCUT2D eigenvalue weighted by atomic mass is 16.3. The van der Waals surface area contributed by atoms with Crippen LogP contribution in [0.4, 0.5) is 5.69 Å². The largest absolute Gasteiger partial charge is 0.441 e. The molecule has 0 unspecified atom stereocenters. The third kappa shape index (κ3) is 3.35. The number of hydrogen-bond acceptors (Lipinski definition) is 7. The minimum absolute atomic E-state index is 0.00290. The first-order valence-electron chi connectivity index (χ1n) is 9.98. The lowest BCUT2D eigenvalue weighted by Gasteiger charge is -2.35. The lowest BCUT2D eigenvalue weighted by molar-refractivity contribution is -0.129. The van der Waals surface area contributed by atoms with Gasteiger partial charge in [-0.2, -0.15) is 0 Å². The van der Waals surface area contributed by atoms with Gasteiger partial charge < -0.3 is 20.0 Å². The van der Waals surface area contributed by atoms with Gasteiger partial charge in [-0.15, -0.1) is 0 Å². The Morgan fingerprint density at radius 1 is 1.03 bits per heavy atom. The molecule has 4 heterocycles. The van der Waals surface area contributed by atoms with Crippen molar-refractivity contribution in [1.29, 1.82) is 0 Å². The van der Waals surface area contributed by atoms with Gasteiger partial charge in [0.1, 0.15) is 5.52 Å². The molecule has 1 aliphatic heterocycles. The average molecular weight is 402 g/mol. The summed E-state index contributed by atoms with van der Waals surface area (Å²) in [5, 5.41) is 0. The molecule has 0 aliphatic carbocycles. The van der Waals surface area contributed by atoms with Crippen LogP contribution in [0, 0.1) is 6.92 Å². The Kier molecular flexibility index (Phi) is 4.55. The van der Waals surface area contributed by atoms with E-state index < -0.39 is 0 Å². The van der Waals surface area contributed by atoms with Crippen molar-refractivity contribution in [3.63, 3.8) is 0 Å². The highest BCUT2D eigenvalue weighted by Crippen LogP contribution is 2.26. The minimum atomic E-state index is -0.00290. The molecule has 3 aromatic heterocycles. The molecule has 1 fully saturated rings. The van der Waals surface area contributed by atoms with Gasteiger partial charge in [-0.05, 0) is 36.4 Å². The van der Waals surface area contributed by atoms with E-state index in [0.717, 1.165) is 52.2 Å². The maximum atomic E-state index is 11.8. The predicted molar refractivity (Wildman–Crippen MR) is 115 cm³/mol. The Labute approximate surface area is 173 Å². The van der Waals surface area contributed by atoms with Crippen LogP contribution in [0.2, 0.25) is 0 Å². The van der Waals surface area contributed by atoms with Crippen LogP contribution in [0.5, 0.6) is 0 Å². The van der Waals surface area contributed by atoms with E-state index in [1.807, 2.05) is 48.4 Å². The number of nitrogens with zero attached hydrogens (tertiary/aromatic N) is 5. The van der Waals surface area contributed by atoms with Crippen molar-refractivity contribution in [2.45, 2.75) is 6.92 Å². The normalized spacial score (nSPS) is 14.6. The van der Waals surface area contributed by atoms with Gasteiger partial charge in [0, 0.05) is 38.7 Å². The molecule has 8 nitrogen and oxygen atoms in total. The summed E-state index contributed by atoms with van der Waals surface area (Å²) in [6.07, 6.45) is 1.87. The molecule has 1 amide bonds. The summed E-state index contributed by atoms with van der Waals surface area (Å²) >= 11 is 0. The van der Waals surface area contributed by atoms with E-state index in [2.05, 4.69) is 20.9 Å². The Morgan fingerprint density at radius 2 is 1.87 bits per heavy atom. The molecule has 0 bridgehead atoms. The van der Waals surface area contributed by atoms with E-state index in [0.29, 0.717) is 19.0 Å². The Balaban J connectivity index is 1.43. The quantitative estimate of drug-likeness (QED) is 0.561. The first-order valence-corrected chi connectivity index (χ1v) is 9.98. The molecule has 1 aromatic carbocycles. The molecule has 152 valence electrons. The molecule has 0 spiro atoms. The van der Waals surface area contributed by atoms with Crippen LogP contribution in [0.25, 0.3) is 33.4 Å². The molecule has 4 aromatic rings. The second-order valence-electron chi connectivity index (χ2n) is 7.42. The van der Waals surface area contributed by atoms with Gasteiger partial charge >= 0.3 is 0 Å². The number of nitrogens with two attached hydrogens (primary N) is 1. The average Bonchev–Trinajstić information content (AvgIpc) is 3.17. The molecule has 5 rings (SSSR count). The maximum Gasteiger partial charge on any atom is 0.236 e. The lowest BCUT2D eigenvalue weighted by Crippen LogP contribution is -2.50. The van der Waals surface area contributed by atoms with Crippen molar-refractivity contribution >= 4 is 33.7 Å². The minimum Gasteiger partial charge on any atom is -0.441 e. The fraction of sp³-hybridized carbons (Fsp3) is 0.273. The van der Waals surface area contributed by atoms with Gasteiger partial charge in [-0.1, -0.05) is 0 Å². The number of piperazine rings is 1. The predicted octanol–water partition coefficient (Wildman–Crippen LogP) is 2.35. The van der Waals surface area contributed by atoms with Gasteiger partial charge in [0.2, 0.25) is 5.91 Å². The molecule has 0 atom stereocenters. The van der Waals surface area contributed by atoms with E-state index in [1.165, 1.54) is 0 Å². The van der Waals surface area contributed by atoms with Crippen LogP contribution in [0.1, 0.15) is 5.89 Å². The van der Waals surface area contributed by atoms with Gasteiger partial charge in [0.15, 0.2) is 11.5 Å². The Bertz CT molecular complexity index is 1240. The molecular weight excluding hydrogens is 380 g/mol. The molecule has 8 heteroatoms. The number of benzene rings is 1. The summed E-state index contributed by atoms with van der Waals surface area (Å²) in [7, 11) is 0.